The second-order valence-electron chi connectivity index (χ2n) is 6.30. The van der Waals surface area contributed by atoms with Gasteiger partial charge in [0.2, 0.25) is 0 Å². The first kappa shape index (κ1) is 18.3. The highest BCUT2D eigenvalue weighted by atomic mass is 35.5. The molecule has 1 saturated heterocycles. The molecule has 26 heavy (non-hydrogen) atoms. The number of rotatable bonds is 5. The van der Waals surface area contributed by atoms with E-state index in [-0.39, 0.29) is 5.91 Å². The van der Waals surface area contributed by atoms with Gasteiger partial charge in [-0.1, -0.05) is 24.6 Å². The zero-order valence-electron chi connectivity index (χ0n) is 14.7. The Morgan fingerprint density at radius 2 is 2.23 bits per heavy atom. The number of hydrogen-bond acceptors (Lipinski definition) is 6. The normalized spacial score (nSPS) is 17.0. The lowest BCUT2D eigenvalue weighted by Crippen LogP contribution is -2.40. The Hall–Kier alpha value is -2.54. The summed E-state index contributed by atoms with van der Waals surface area (Å²) < 4.78 is 0. The number of nitrogens with two attached hydrogens (primary N) is 1. The number of piperidine rings is 1. The molecule has 1 aromatic carbocycles. The molecule has 2 aromatic rings. The van der Waals surface area contributed by atoms with Crippen molar-refractivity contribution in [2.75, 3.05) is 22.6 Å². The minimum Gasteiger partial charge on any atom is -0.393 e. The van der Waals surface area contributed by atoms with Gasteiger partial charge < -0.3 is 10.6 Å². The molecule has 3 rings (SSSR count). The van der Waals surface area contributed by atoms with E-state index in [1.807, 2.05) is 0 Å². The molecule has 0 aliphatic carbocycles. The van der Waals surface area contributed by atoms with Gasteiger partial charge in [-0.2, -0.15) is 0 Å². The van der Waals surface area contributed by atoms with Crippen molar-refractivity contribution in [3.05, 3.63) is 41.2 Å². The van der Waals surface area contributed by atoms with Crippen molar-refractivity contribution in [2.24, 2.45) is 0 Å². The Balaban J connectivity index is 1.74. The highest BCUT2D eigenvalue weighted by Gasteiger charge is 2.25. The summed E-state index contributed by atoms with van der Waals surface area (Å²) >= 11 is 5.92. The van der Waals surface area contributed by atoms with Crippen LogP contribution in [-0.4, -0.2) is 28.5 Å². The van der Waals surface area contributed by atoms with E-state index in [4.69, 9.17) is 17.3 Å². The molecular formula is C18H23ClN6O. The van der Waals surface area contributed by atoms with E-state index < -0.39 is 0 Å². The van der Waals surface area contributed by atoms with Crippen LogP contribution in [0.15, 0.2) is 30.6 Å². The molecule has 2 heterocycles. The number of benzene rings is 1. The zero-order chi connectivity index (χ0) is 18.5. The van der Waals surface area contributed by atoms with Crippen molar-refractivity contribution >= 4 is 34.8 Å². The van der Waals surface area contributed by atoms with Crippen LogP contribution in [0.4, 0.5) is 17.3 Å². The number of nitrogens with zero attached hydrogens (tertiary/aromatic N) is 3. The van der Waals surface area contributed by atoms with Crippen LogP contribution in [0.25, 0.3) is 0 Å². The molecule has 1 unspecified atom stereocenters. The van der Waals surface area contributed by atoms with Gasteiger partial charge in [0.25, 0.3) is 5.91 Å². The predicted octanol–water partition coefficient (Wildman–Crippen LogP) is 3.24. The second kappa shape index (κ2) is 8.23. The number of hydrogen-bond donors (Lipinski definition) is 3. The van der Waals surface area contributed by atoms with Gasteiger partial charge in [-0.25, -0.2) is 9.97 Å². The van der Waals surface area contributed by atoms with Gasteiger partial charge in [-0.15, -0.1) is 0 Å². The van der Waals surface area contributed by atoms with Gasteiger partial charge in [0.15, 0.2) is 11.6 Å². The zero-order valence-corrected chi connectivity index (χ0v) is 15.5. The van der Waals surface area contributed by atoms with Crippen molar-refractivity contribution in [2.45, 2.75) is 38.6 Å². The standard InChI is InChI=1S/C18H23ClN6O/c1-2-14-8-3-4-9-25(14)17-15(20)16(21-11-22-17)23-24-18(26)12-6-5-7-13(19)10-12/h5-7,10-11,14H,2-4,8-9,20H2,1H3,(H,24,26)(H,21,22,23). The number of nitrogen functional groups attached to an aromatic ring is 1. The van der Waals surface area contributed by atoms with E-state index in [0.717, 1.165) is 25.8 Å². The second-order valence-corrected chi connectivity index (χ2v) is 6.74. The Kier molecular flexibility index (Phi) is 5.78. The van der Waals surface area contributed by atoms with Crippen LogP contribution in [0.5, 0.6) is 0 Å². The van der Waals surface area contributed by atoms with Crippen LogP contribution in [-0.2, 0) is 0 Å². The number of carbonyl (C=O) groups excluding carboxylic acids is 1. The van der Waals surface area contributed by atoms with Gasteiger partial charge in [0.05, 0.1) is 0 Å². The third-order valence-electron chi connectivity index (χ3n) is 4.61. The van der Waals surface area contributed by atoms with Gasteiger partial charge in [-0.05, 0) is 43.9 Å². The van der Waals surface area contributed by atoms with Gasteiger partial charge in [-0.3, -0.25) is 15.6 Å². The van der Waals surface area contributed by atoms with Crippen molar-refractivity contribution in [1.29, 1.82) is 0 Å². The summed E-state index contributed by atoms with van der Waals surface area (Å²) in [5.74, 6) is 0.772. The Morgan fingerprint density at radius 1 is 1.38 bits per heavy atom. The highest BCUT2D eigenvalue weighted by molar-refractivity contribution is 6.30. The fourth-order valence-corrected chi connectivity index (χ4v) is 3.43. The van der Waals surface area contributed by atoms with Crippen LogP contribution >= 0.6 is 11.6 Å². The average Bonchev–Trinajstić information content (AvgIpc) is 2.67. The summed E-state index contributed by atoms with van der Waals surface area (Å²) in [6.45, 7) is 3.10. The maximum Gasteiger partial charge on any atom is 0.269 e. The van der Waals surface area contributed by atoms with Gasteiger partial charge >= 0.3 is 0 Å². The molecular weight excluding hydrogens is 352 g/mol. The molecule has 1 aliphatic heterocycles. The van der Waals surface area contributed by atoms with Crippen molar-refractivity contribution < 1.29 is 4.79 Å². The number of amides is 1. The molecule has 1 aromatic heterocycles. The molecule has 0 radical (unpaired) electrons. The molecule has 1 amide bonds. The molecule has 0 bridgehead atoms. The number of aromatic nitrogens is 2. The topological polar surface area (TPSA) is 96.2 Å². The van der Waals surface area contributed by atoms with E-state index in [9.17, 15) is 4.79 Å². The number of hydrazine groups is 1. The van der Waals surface area contributed by atoms with Crippen molar-refractivity contribution in [3.63, 3.8) is 0 Å². The molecule has 7 nitrogen and oxygen atoms in total. The number of halogens is 1. The summed E-state index contributed by atoms with van der Waals surface area (Å²) in [7, 11) is 0. The van der Waals surface area contributed by atoms with Gasteiger partial charge in [0, 0.05) is 23.2 Å². The van der Waals surface area contributed by atoms with E-state index in [1.165, 1.54) is 12.7 Å². The Morgan fingerprint density at radius 3 is 3.00 bits per heavy atom. The number of carbonyl (C=O) groups is 1. The van der Waals surface area contributed by atoms with Crippen molar-refractivity contribution in [3.8, 4) is 0 Å². The molecule has 4 N–H and O–H groups in total. The fourth-order valence-electron chi connectivity index (χ4n) is 3.24. The minimum absolute atomic E-state index is 0.323. The lowest BCUT2D eigenvalue weighted by Gasteiger charge is -2.36. The first-order valence-corrected chi connectivity index (χ1v) is 9.17. The maximum atomic E-state index is 12.2. The summed E-state index contributed by atoms with van der Waals surface area (Å²) in [4.78, 5) is 23.0. The lowest BCUT2D eigenvalue weighted by atomic mass is 10.00. The molecule has 138 valence electrons. The average molecular weight is 375 g/mol. The smallest absolute Gasteiger partial charge is 0.269 e. The minimum atomic E-state index is -0.323. The maximum absolute atomic E-state index is 12.2. The van der Waals surface area contributed by atoms with Crippen LogP contribution in [0.1, 0.15) is 43.0 Å². The lowest BCUT2D eigenvalue weighted by molar-refractivity contribution is 0.0962. The molecule has 1 atom stereocenters. The fraction of sp³-hybridized carbons (Fsp3) is 0.389. The van der Waals surface area contributed by atoms with Crippen molar-refractivity contribution in [1.82, 2.24) is 15.4 Å². The number of anilines is 3. The third kappa shape index (κ3) is 3.99. The molecule has 1 fully saturated rings. The molecule has 1 aliphatic rings. The van der Waals surface area contributed by atoms with Crippen LogP contribution in [0.3, 0.4) is 0 Å². The molecule has 0 spiro atoms. The Bertz CT molecular complexity index is 784. The summed E-state index contributed by atoms with van der Waals surface area (Å²) in [6.07, 6.45) is 5.97. The first-order chi connectivity index (χ1) is 12.6. The largest absolute Gasteiger partial charge is 0.393 e. The van der Waals surface area contributed by atoms with E-state index >= 15 is 0 Å². The first-order valence-electron chi connectivity index (χ1n) is 8.79. The summed E-state index contributed by atoms with van der Waals surface area (Å²) in [5.41, 5.74) is 12.6. The summed E-state index contributed by atoms with van der Waals surface area (Å²) in [5, 5.41) is 0.497. The third-order valence-corrected chi connectivity index (χ3v) is 4.85. The highest BCUT2D eigenvalue weighted by Crippen LogP contribution is 2.31. The monoisotopic (exact) mass is 374 g/mol. The van der Waals surface area contributed by atoms with Crippen LogP contribution in [0, 0.1) is 0 Å². The Labute approximate surface area is 157 Å². The molecule has 0 saturated carbocycles. The quantitative estimate of drug-likeness (QED) is 0.695. The van der Waals surface area contributed by atoms with E-state index in [1.54, 1.807) is 24.3 Å². The summed E-state index contributed by atoms with van der Waals surface area (Å²) in [6, 6.07) is 7.12. The van der Waals surface area contributed by atoms with Crippen LogP contribution in [0.2, 0.25) is 5.02 Å². The van der Waals surface area contributed by atoms with Gasteiger partial charge in [0.1, 0.15) is 12.0 Å². The predicted molar refractivity (Wildman–Crippen MR) is 104 cm³/mol. The number of nitrogens with one attached hydrogen (secondary N) is 2. The van der Waals surface area contributed by atoms with Crippen LogP contribution < -0.4 is 21.5 Å². The SMILES string of the molecule is CCC1CCCCN1c1ncnc(NNC(=O)c2cccc(Cl)c2)c1N. The van der Waals surface area contributed by atoms with E-state index in [2.05, 4.69) is 32.6 Å². The van der Waals surface area contributed by atoms with E-state index in [0.29, 0.717) is 34.0 Å². The molecule has 8 heteroatoms.